The number of benzene rings is 2. The summed E-state index contributed by atoms with van der Waals surface area (Å²) in [6.45, 7) is 0. The van der Waals surface area contributed by atoms with Gasteiger partial charge in [-0.3, -0.25) is 0 Å². The molecule has 2 aromatic rings. The molecule has 0 bridgehead atoms. The van der Waals surface area contributed by atoms with E-state index < -0.39 is 5.54 Å². The maximum atomic E-state index is 12.2. The Labute approximate surface area is 123 Å². The lowest BCUT2D eigenvalue weighted by molar-refractivity contribution is -0.147. The molecule has 0 aliphatic carbocycles. The van der Waals surface area contributed by atoms with Crippen LogP contribution in [0.4, 0.5) is 0 Å². The number of fused-ring (bicyclic) bond motifs is 1. The molecule has 0 fully saturated rings. The van der Waals surface area contributed by atoms with Crippen LogP contribution in [0.1, 0.15) is 12.0 Å². The van der Waals surface area contributed by atoms with E-state index in [4.69, 9.17) is 10.5 Å². The van der Waals surface area contributed by atoms with E-state index in [-0.39, 0.29) is 5.97 Å². The van der Waals surface area contributed by atoms with Crippen LogP contribution in [0.3, 0.4) is 0 Å². The molecule has 0 aliphatic rings. The molecule has 4 heteroatoms. The summed E-state index contributed by atoms with van der Waals surface area (Å²) in [5.74, 6) is 0.414. The maximum Gasteiger partial charge on any atom is 0.330 e. The van der Waals surface area contributed by atoms with Crippen molar-refractivity contribution in [2.24, 2.45) is 5.73 Å². The van der Waals surface area contributed by atoms with Gasteiger partial charge in [0.2, 0.25) is 0 Å². The minimum Gasteiger partial charge on any atom is -0.467 e. The first kappa shape index (κ1) is 14.9. The van der Waals surface area contributed by atoms with Crippen molar-refractivity contribution in [3.05, 3.63) is 48.0 Å². The number of methoxy groups -OCH3 is 1. The summed E-state index contributed by atoms with van der Waals surface area (Å²) in [4.78, 5) is 12.2. The van der Waals surface area contributed by atoms with E-state index in [2.05, 4.69) is 0 Å². The van der Waals surface area contributed by atoms with Gasteiger partial charge in [-0.05, 0) is 34.8 Å². The van der Waals surface area contributed by atoms with Gasteiger partial charge in [-0.15, -0.1) is 0 Å². The highest BCUT2D eigenvalue weighted by Crippen LogP contribution is 2.31. The van der Waals surface area contributed by atoms with Crippen molar-refractivity contribution in [3.63, 3.8) is 0 Å². The fourth-order valence-corrected chi connectivity index (χ4v) is 2.93. The normalized spacial score (nSPS) is 13.9. The van der Waals surface area contributed by atoms with Crippen LogP contribution in [-0.2, 0) is 15.1 Å². The van der Waals surface area contributed by atoms with E-state index in [1.54, 1.807) is 11.8 Å². The van der Waals surface area contributed by atoms with Gasteiger partial charge in [0.25, 0.3) is 0 Å². The smallest absolute Gasteiger partial charge is 0.330 e. The number of carbonyl (C=O) groups is 1. The molecule has 0 aliphatic heterocycles. The predicted molar refractivity (Wildman–Crippen MR) is 84.8 cm³/mol. The maximum absolute atomic E-state index is 12.2. The van der Waals surface area contributed by atoms with E-state index in [0.29, 0.717) is 6.42 Å². The Morgan fingerprint density at radius 1 is 1.25 bits per heavy atom. The number of carbonyl (C=O) groups excluding carboxylic acids is 1. The molecule has 0 spiro atoms. The zero-order valence-corrected chi connectivity index (χ0v) is 12.6. The molecule has 3 nitrogen and oxygen atoms in total. The minimum absolute atomic E-state index is 0.386. The molecule has 0 radical (unpaired) electrons. The lowest BCUT2D eigenvalue weighted by Crippen LogP contribution is -2.46. The van der Waals surface area contributed by atoms with Gasteiger partial charge in [0, 0.05) is 0 Å². The van der Waals surface area contributed by atoms with Gasteiger partial charge in [-0.2, -0.15) is 11.8 Å². The van der Waals surface area contributed by atoms with Gasteiger partial charge >= 0.3 is 5.97 Å². The van der Waals surface area contributed by atoms with Crippen molar-refractivity contribution in [2.45, 2.75) is 12.0 Å². The molecule has 106 valence electrons. The standard InChI is InChI=1S/C16H19NO2S/c1-19-15(18)16(17,10-11-20-2)14-9-5-7-12-6-3-4-8-13(12)14/h3-9H,10-11,17H2,1-2H3. The first-order valence-electron chi connectivity index (χ1n) is 6.48. The predicted octanol–water partition coefficient (Wildman–Crippen LogP) is 2.92. The van der Waals surface area contributed by atoms with Crippen LogP contribution in [0.25, 0.3) is 10.8 Å². The van der Waals surface area contributed by atoms with Crippen LogP contribution in [0.5, 0.6) is 0 Å². The molecule has 2 rings (SSSR count). The van der Waals surface area contributed by atoms with Crippen molar-refractivity contribution in [1.29, 1.82) is 0 Å². The second-order valence-electron chi connectivity index (χ2n) is 4.73. The van der Waals surface area contributed by atoms with Crippen LogP contribution >= 0.6 is 11.8 Å². The average Bonchev–Trinajstić information content (AvgIpc) is 2.51. The molecule has 0 saturated carbocycles. The fraction of sp³-hybridized carbons (Fsp3) is 0.312. The van der Waals surface area contributed by atoms with Gasteiger partial charge in [0.15, 0.2) is 0 Å². The Bertz CT molecular complexity index is 609. The van der Waals surface area contributed by atoms with E-state index in [1.165, 1.54) is 7.11 Å². The molecule has 0 heterocycles. The third-order valence-corrected chi connectivity index (χ3v) is 4.13. The summed E-state index contributed by atoms with van der Waals surface area (Å²) in [6.07, 6.45) is 2.55. The second kappa shape index (κ2) is 6.29. The Morgan fingerprint density at radius 3 is 2.65 bits per heavy atom. The van der Waals surface area contributed by atoms with Crippen molar-refractivity contribution in [2.75, 3.05) is 19.1 Å². The number of hydrogen-bond acceptors (Lipinski definition) is 4. The Morgan fingerprint density at radius 2 is 1.95 bits per heavy atom. The number of thioether (sulfide) groups is 1. The molecule has 1 unspecified atom stereocenters. The van der Waals surface area contributed by atoms with Crippen molar-refractivity contribution in [3.8, 4) is 0 Å². The van der Waals surface area contributed by atoms with Gasteiger partial charge in [0.05, 0.1) is 7.11 Å². The van der Waals surface area contributed by atoms with E-state index in [1.807, 2.05) is 48.7 Å². The number of rotatable bonds is 5. The SMILES string of the molecule is COC(=O)C(N)(CCSC)c1cccc2ccccc12. The van der Waals surface area contributed by atoms with E-state index in [0.717, 1.165) is 22.1 Å². The van der Waals surface area contributed by atoms with E-state index >= 15 is 0 Å². The Balaban J connectivity index is 2.59. The Kier molecular flexibility index (Phi) is 4.68. The summed E-state index contributed by atoms with van der Waals surface area (Å²) < 4.78 is 4.94. The third kappa shape index (κ3) is 2.67. The monoisotopic (exact) mass is 289 g/mol. The molecule has 1 atom stereocenters. The van der Waals surface area contributed by atoms with Crippen molar-refractivity contribution < 1.29 is 9.53 Å². The topological polar surface area (TPSA) is 52.3 Å². The first-order valence-corrected chi connectivity index (χ1v) is 7.87. The summed E-state index contributed by atoms with van der Waals surface area (Å²) in [5, 5.41) is 2.08. The van der Waals surface area contributed by atoms with Crippen LogP contribution in [0.2, 0.25) is 0 Å². The number of ether oxygens (including phenoxy) is 1. The summed E-state index contributed by atoms with van der Waals surface area (Å²) in [5.41, 5.74) is 6.17. The summed E-state index contributed by atoms with van der Waals surface area (Å²) in [6, 6.07) is 13.8. The molecular weight excluding hydrogens is 270 g/mol. The second-order valence-corrected chi connectivity index (χ2v) is 5.72. The molecule has 0 aromatic heterocycles. The highest BCUT2D eigenvalue weighted by Gasteiger charge is 2.37. The van der Waals surface area contributed by atoms with E-state index in [9.17, 15) is 4.79 Å². The zero-order valence-electron chi connectivity index (χ0n) is 11.8. The molecule has 2 N–H and O–H groups in total. The summed E-state index contributed by atoms with van der Waals surface area (Å²) >= 11 is 1.67. The molecule has 2 aromatic carbocycles. The Hall–Kier alpha value is -1.52. The lowest BCUT2D eigenvalue weighted by atomic mass is 9.85. The fourth-order valence-electron chi connectivity index (χ4n) is 2.41. The molecule has 20 heavy (non-hydrogen) atoms. The van der Waals surface area contributed by atoms with Gasteiger partial charge < -0.3 is 10.5 Å². The number of esters is 1. The summed E-state index contributed by atoms with van der Waals surface area (Å²) in [7, 11) is 1.38. The molecular formula is C16H19NO2S. The van der Waals surface area contributed by atoms with Gasteiger partial charge in [-0.1, -0.05) is 42.5 Å². The minimum atomic E-state index is -1.10. The lowest BCUT2D eigenvalue weighted by Gasteiger charge is -2.28. The van der Waals surface area contributed by atoms with Crippen molar-refractivity contribution in [1.82, 2.24) is 0 Å². The highest BCUT2D eigenvalue weighted by atomic mass is 32.2. The van der Waals surface area contributed by atoms with Crippen LogP contribution in [0.15, 0.2) is 42.5 Å². The molecule has 0 amide bonds. The quantitative estimate of drug-likeness (QED) is 0.860. The average molecular weight is 289 g/mol. The highest BCUT2D eigenvalue weighted by molar-refractivity contribution is 7.98. The molecule has 0 saturated heterocycles. The van der Waals surface area contributed by atoms with Crippen LogP contribution < -0.4 is 5.73 Å². The van der Waals surface area contributed by atoms with Crippen molar-refractivity contribution >= 4 is 28.5 Å². The van der Waals surface area contributed by atoms with Gasteiger partial charge in [-0.25, -0.2) is 4.79 Å². The largest absolute Gasteiger partial charge is 0.467 e. The number of hydrogen-bond donors (Lipinski definition) is 1. The number of nitrogens with two attached hydrogens (primary N) is 1. The van der Waals surface area contributed by atoms with Crippen LogP contribution in [0, 0.1) is 0 Å². The van der Waals surface area contributed by atoms with Gasteiger partial charge in [0.1, 0.15) is 5.54 Å². The first-order chi connectivity index (χ1) is 9.63. The third-order valence-electron chi connectivity index (χ3n) is 3.52. The van der Waals surface area contributed by atoms with Crippen LogP contribution in [-0.4, -0.2) is 25.1 Å². The zero-order chi connectivity index (χ0) is 14.6.